The van der Waals surface area contributed by atoms with Crippen LogP contribution in [0.2, 0.25) is 5.02 Å². The molecule has 2 aliphatic rings. The van der Waals surface area contributed by atoms with E-state index in [0.717, 1.165) is 29.5 Å². The average molecular weight is 422 g/mol. The van der Waals surface area contributed by atoms with Crippen molar-refractivity contribution in [2.75, 3.05) is 11.4 Å². The van der Waals surface area contributed by atoms with Crippen molar-refractivity contribution >= 4 is 34.2 Å². The fourth-order valence-corrected chi connectivity index (χ4v) is 5.39. The zero-order valence-electron chi connectivity index (χ0n) is 17.3. The van der Waals surface area contributed by atoms with Crippen LogP contribution in [-0.2, 0) is 11.3 Å². The lowest BCUT2D eigenvalue weighted by molar-refractivity contribution is -0.117. The van der Waals surface area contributed by atoms with Crippen LogP contribution in [0, 0.1) is 5.92 Å². The number of anilines is 1. The van der Waals surface area contributed by atoms with Crippen LogP contribution >= 0.6 is 11.6 Å². The molecule has 1 saturated carbocycles. The molecule has 1 aromatic heterocycles. The molecule has 0 radical (unpaired) electrons. The van der Waals surface area contributed by atoms with Crippen molar-refractivity contribution in [2.45, 2.75) is 57.4 Å². The summed E-state index contributed by atoms with van der Waals surface area (Å²) in [5, 5.41) is 0.656. The van der Waals surface area contributed by atoms with Gasteiger partial charge in [-0.3, -0.25) is 4.79 Å². The molecular weight excluding hydrogens is 394 g/mol. The SMILES string of the molecule is O=C1C[C@@H](c2nc3ccccc3n2CCC2CCCCC2)CN1c1cccc(Cl)c1. The highest BCUT2D eigenvalue weighted by atomic mass is 35.5. The lowest BCUT2D eigenvalue weighted by Crippen LogP contribution is -2.24. The van der Waals surface area contributed by atoms with Gasteiger partial charge in [0.05, 0.1) is 11.0 Å². The van der Waals surface area contributed by atoms with Gasteiger partial charge in [-0.05, 0) is 42.7 Å². The van der Waals surface area contributed by atoms with E-state index in [2.05, 4.69) is 22.8 Å². The number of rotatable bonds is 5. The Morgan fingerprint density at radius 3 is 2.70 bits per heavy atom. The van der Waals surface area contributed by atoms with Gasteiger partial charge < -0.3 is 9.47 Å². The minimum Gasteiger partial charge on any atom is -0.328 e. The van der Waals surface area contributed by atoms with E-state index >= 15 is 0 Å². The molecule has 3 aromatic rings. The zero-order valence-corrected chi connectivity index (χ0v) is 18.0. The third-order valence-electron chi connectivity index (χ3n) is 6.78. The number of amides is 1. The summed E-state index contributed by atoms with van der Waals surface area (Å²) in [6.07, 6.45) is 8.53. The fraction of sp³-hybridized carbons (Fsp3) is 0.440. The van der Waals surface area contributed by atoms with E-state index in [-0.39, 0.29) is 11.8 Å². The molecule has 1 amide bonds. The van der Waals surface area contributed by atoms with Crippen LogP contribution in [0.1, 0.15) is 56.7 Å². The molecule has 1 aliphatic heterocycles. The first-order valence-corrected chi connectivity index (χ1v) is 11.6. The lowest BCUT2D eigenvalue weighted by atomic mass is 9.87. The number of hydrogen-bond donors (Lipinski definition) is 0. The van der Waals surface area contributed by atoms with Gasteiger partial charge in [0, 0.05) is 36.1 Å². The minimum atomic E-state index is 0.107. The van der Waals surface area contributed by atoms with Gasteiger partial charge in [-0.1, -0.05) is 61.9 Å². The molecular formula is C25H28ClN3O. The molecule has 5 heteroatoms. The van der Waals surface area contributed by atoms with Crippen molar-refractivity contribution in [3.8, 4) is 0 Å². The Morgan fingerprint density at radius 2 is 1.87 bits per heavy atom. The first-order valence-electron chi connectivity index (χ1n) is 11.2. The largest absolute Gasteiger partial charge is 0.328 e. The van der Waals surface area contributed by atoms with Gasteiger partial charge in [0.2, 0.25) is 5.91 Å². The number of benzene rings is 2. The number of carbonyl (C=O) groups excluding carboxylic acids is 1. The minimum absolute atomic E-state index is 0.107. The van der Waals surface area contributed by atoms with Gasteiger partial charge in [-0.15, -0.1) is 0 Å². The molecule has 1 atom stereocenters. The van der Waals surface area contributed by atoms with Crippen LogP contribution in [-0.4, -0.2) is 22.0 Å². The molecule has 1 saturated heterocycles. The molecule has 2 heterocycles. The fourth-order valence-electron chi connectivity index (χ4n) is 5.20. The topological polar surface area (TPSA) is 38.1 Å². The number of aryl methyl sites for hydroxylation is 1. The number of para-hydroxylation sites is 2. The molecule has 30 heavy (non-hydrogen) atoms. The van der Waals surface area contributed by atoms with Crippen LogP contribution in [0.3, 0.4) is 0 Å². The number of carbonyl (C=O) groups is 1. The summed E-state index contributed by atoms with van der Waals surface area (Å²) in [5.41, 5.74) is 3.10. The first kappa shape index (κ1) is 19.6. The van der Waals surface area contributed by atoms with E-state index in [1.165, 1.54) is 44.0 Å². The molecule has 0 unspecified atom stereocenters. The van der Waals surface area contributed by atoms with Gasteiger partial charge >= 0.3 is 0 Å². The number of halogens is 1. The molecule has 0 bridgehead atoms. The maximum atomic E-state index is 12.8. The van der Waals surface area contributed by atoms with Gasteiger partial charge in [0.25, 0.3) is 0 Å². The molecule has 1 aliphatic carbocycles. The van der Waals surface area contributed by atoms with E-state index in [1.54, 1.807) is 0 Å². The van der Waals surface area contributed by atoms with Gasteiger partial charge in [0.15, 0.2) is 0 Å². The summed E-state index contributed by atoms with van der Waals surface area (Å²) in [7, 11) is 0. The molecule has 0 spiro atoms. The number of aromatic nitrogens is 2. The van der Waals surface area contributed by atoms with Gasteiger partial charge in [-0.2, -0.15) is 0 Å². The van der Waals surface area contributed by atoms with Gasteiger partial charge in [-0.25, -0.2) is 4.98 Å². The second kappa shape index (κ2) is 8.43. The molecule has 0 N–H and O–H groups in total. The normalized spacial score (nSPS) is 20.4. The van der Waals surface area contributed by atoms with Crippen molar-refractivity contribution in [3.05, 3.63) is 59.4 Å². The van der Waals surface area contributed by atoms with E-state index in [1.807, 2.05) is 35.2 Å². The average Bonchev–Trinajstić information content (AvgIpc) is 3.33. The summed E-state index contributed by atoms with van der Waals surface area (Å²) < 4.78 is 2.39. The Morgan fingerprint density at radius 1 is 1.03 bits per heavy atom. The number of fused-ring (bicyclic) bond motifs is 1. The molecule has 2 aromatic carbocycles. The zero-order chi connectivity index (χ0) is 20.5. The quantitative estimate of drug-likeness (QED) is 0.493. The monoisotopic (exact) mass is 421 g/mol. The maximum Gasteiger partial charge on any atom is 0.227 e. The highest BCUT2D eigenvalue weighted by Crippen LogP contribution is 2.35. The highest BCUT2D eigenvalue weighted by Gasteiger charge is 2.35. The first-order chi connectivity index (χ1) is 14.7. The van der Waals surface area contributed by atoms with Crippen molar-refractivity contribution in [1.29, 1.82) is 0 Å². The predicted molar refractivity (Wildman–Crippen MR) is 122 cm³/mol. The molecule has 4 nitrogen and oxygen atoms in total. The Bertz CT molecular complexity index is 1050. The summed E-state index contributed by atoms with van der Waals surface area (Å²) in [4.78, 5) is 19.7. The third kappa shape index (κ3) is 3.85. The van der Waals surface area contributed by atoms with E-state index in [0.29, 0.717) is 18.0 Å². The smallest absolute Gasteiger partial charge is 0.227 e. The number of imidazole rings is 1. The van der Waals surface area contributed by atoms with Crippen LogP contribution in [0.25, 0.3) is 11.0 Å². The Balaban J connectivity index is 1.42. The van der Waals surface area contributed by atoms with Crippen LogP contribution < -0.4 is 4.90 Å². The second-order valence-electron chi connectivity index (χ2n) is 8.79. The lowest BCUT2D eigenvalue weighted by Gasteiger charge is -2.23. The molecule has 156 valence electrons. The Hall–Kier alpha value is -2.33. The predicted octanol–water partition coefficient (Wildman–Crippen LogP) is 6.18. The summed E-state index contributed by atoms with van der Waals surface area (Å²) >= 11 is 6.16. The Kier molecular flexibility index (Phi) is 5.51. The summed E-state index contributed by atoms with van der Waals surface area (Å²) in [6.45, 7) is 1.65. The number of nitrogens with zero attached hydrogens (tertiary/aromatic N) is 3. The maximum absolute atomic E-state index is 12.8. The van der Waals surface area contributed by atoms with E-state index < -0.39 is 0 Å². The molecule has 2 fully saturated rings. The second-order valence-corrected chi connectivity index (χ2v) is 9.22. The van der Waals surface area contributed by atoms with E-state index in [9.17, 15) is 4.79 Å². The number of hydrogen-bond acceptors (Lipinski definition) is 2. The highest BCUT2D eigenvalue weighted by molar-refractivity contribution is 6.30. The summed E-state index contributed by atoms with van der Waals surface area (Å²) in [5.74, 6) is 2.13. The van der Waals surface area contributed by atoms with Crippen LogP contribution in [0.5, 0.6) is 0 Å². The van der Waals surface area contributed by atoms with Crippen LogP contribution in [0.15, 0.2) is 48.5 Å². The van der Waals surface area contributed by atoms with Crippen LogP contribution in [0.4, 0.5) is 5.69 Å². The standard InChI is InChI=1S/C25H28ClN3O/c26-20-9-6-10-21(16-20)29-17-19(15-24(29)30)25-27-22-11-4-5-12-23(22)28(25)14-13-18-7-2-1-3-8-18/h4-6,9-12,16,18-19H,1-3,7-8,13-15,17H2/t19-/m1/s1. The summed E-state index contributed by atoms with van der Waals surface area (Å²) in [6, 6.07) is 15.9. The van der Waals surface area contributed by atoms with Crippen molar-refractivity contribution in [1.82, 2.24) is 9.55 Å². The van der Waals surface area contributed by atoms with Crippen molar-refractivity contribution in [3.63, 3.8) is 0 Å². The molecule has 5 rings (SSSR count). The Labute approximate surface area is 182 Å². The third-order valence-corrected chi connectivity index (χ3v) is 7.01. The van der Waals surface area contributed by atoms with E-state index in [4.69, 9.17) is 16.6 Å². The van der Waals surface area contributed by atoms with Crippen molar-refractivity contribution in [2.24, 2.45) is 5.92 Å². The van der Waals surface area contributed by atoms with Crippen molar-refractivity contribution < 1.29 is 4.79 Å². The van der Waals surface area contributed by atoms with Gasteiger partial charge in [0.1, 0.15) is 5.82 Å².